The van der Waals surface area contributed by atoms with Gasteiger partial charge in [-0.15, -0.1) is 0 Å². The van der Waals surface area contributed by atoms with E-state index in [1.54, 1.807) is 19.2 Å². The van der Waals surface area contributed by atoms with Gasteiger partial charge in [0.15, 0.2) is 5.78 Å². The van der Waals surface area contributed by atoms with E-state index in [2.05, 4.69) is 10.2 Å². The van der Waals surface area contributed by atoms with Crippen LogP contribution in [0.1, 0.15) is 16.1 Å². The first-order chi connectivity index (χ1) is 11.7. The largest absolute Gasteiger partial charge is 0.496 e. The maximum absolute atomic E-state index is 12.9. The van der Waals surface area contributed by atoms with Gasteiger partial charge < -0.3 is 4.74 Å². The molecule has 5 heteroatoms. The molecule has 3 rings (SSSR count). The van der Waals surface area contributed by atoms with Gasteiger partial charge in [0, 0.05) is 11.1 Å². The van der Waals surface area contributed by atoms with Crippen LogP contribution in [-0.2, 0) is 6.42 Å². The molecule has 0 saturated heterocycles. The van der Waals surface area contributed by atoms with Crippen LogP contribution in [-0.4, -0.2) is 23.1 Å². The van der Waals surface area contributed by atoms with Crippen molar-refractivity contribution in [3.8, 4) is 17.0 Å². The van der Waals surface area contributed by atoms with E-state index in [9.17, 15) is 9.18 Å². The molecule has 120 valence electrons. The number of methoxy groups -OCH3 is 1. The number of rotatable bonds is 5. The Hall–Kier alpha value is -3.08. The Morgan fingerprint density at radius 3 is 2.42 bits per heavy atom. The number of ether oxygens (including phenoxy) is 1. The predicted molar refractivity (Wildman–Crippen MR) is 88.5 cm³/mol. The van der Waals surface area contributed by atoms with Crippen LogP contribution in [0, 0.1) is 5.82 Å². The Morgan fingerprint density at radius 2 is 1.75 bits per heavy atom. The van der Waals surface area contributed by atoms with Crippen LogP contribution in [0.25, 0.3) is 11.3 Å². The zero-order chi connectivity index (χ0) is 16.9. The summed E-state index contributed by atoms with van der Waals surface area (Å²) in [6.07, 6.45) is 0.116. The van der Waals surface area contributed by atoms with Crippen LogP contribution in [0.5, 0.6) is 5.75 Å². The van der Waals surface area contributed by atoms with Gasteiger partial charge in [-0.2, -0.15) is 10.2 Å². The van der Waals surface area contributed by atoms with Crippen LogP contribution in [0.15, 0.2) is 60.7 Å². The second kappa shape index (κ2) is 7.00. The first kappa shape index (κ1) is 15.8. The molecule has 0 radical (unpaired) electrons. The van der Waals surface area contributed by atoms with E-state index < -0.39 is 0 Å². The Bertz CT molecular complexity index is 846. The van der Waals surface area contributed by atoms with Crippen LogP contribution in [0.4, 0.5) is 4.39 Å². The highest BCUT2D eigenvalue weighted by atomic mass is 19.1. The van der Waals surface area contributed by atoms with Crippen LogP contribution >= 0.6 is 0 Å². The number of para-hydroxylation sites is 1. The first-order valence-corrected chi connectivity index (χ1v) is 7.42. The smallest absolute Gasteiger partial charge is 0.168 e. The highest BCUT2D eigenvalue weighted by Crippen LogP contribution is 2.27. The topological polar surface area (TPSA) is 52.1 Å². The molecule has 0 amide bonds. The molecule has 0 spiro atoms. The fourth-order valence-electron chi connectivity index (χ4n) is 2.36. The Morgan fingerprint density at radius 1 is 1.00 bits per heavy atom. The number of ketones is 1. The summed E-state index contributed by atoms with van der Waals surface area (Å²) in [5.41, 5.74) is 2.52. The van der Waals surface area contributed by atoms with Gasteiger partial charge in [-0.3, -0.25) is 4.79 Å². The Labute approximate surface area is 138 Å². The lowest BCUT2D eigenvalue weighted by Crippen LogP contribution is -2.06. The second-order valence-corrected chi connectivity index (χ2v) is 5.22. The van der Waals surface area contributed by atoms with Gasteiger partial charge in [0.2, 0.25) is 0 Å². The Kier molecular flexibility index (Phi) is 4.61. The second-order valence-electron chi connectivity index (χ2n) is 5.22. The number of nitrogens with zero attached hydrogens (tertiary/aromatic N) is 2. The van der Waals surface area contributed by atoms with E-state index in [4.69, 9.17) is 4.74 Å². The lowest BCUT2D eigenvalue weighted by atomic mass is 10.1. The summed E-state index contributed by atoms with van der Waals surface area (Å²) in [5, 5.41) is 8.29. The molecule has 0 bridgehead atoms. The summed E-state index contributed by atoms with van der Waals surface area (Å²) in [5.74, 6) is 0.212. The maximum atomic E-state index is 12.9. The SMILES string of the molecule is COc1ccccc1-c1ccc(CC(=O)c2ccc(F)cc2)nn1. The first-order valence-electron chi connectivity index (χ1n) is 7.42. The molecule has 1 heterocycles. The van der Waals surface area contributed by atoms with Gasteiger partial charge in [0.1, 0.15) is 11.6 Å². The van der Waals surface area contributed by atoms with E-state index in [-0.39, 0.29) is 18.0 Å². The summed E-state index contributed by atoms with van der Waals surface area (Å²) < 4.78 is 18.2. The fourth-order valence-corrected chi connectivity index (χ4v) is 2.36. The van der Waals surface area contributed by atoms with Gasteiger partial charge in [-0.1, -0.05) is 12.1 Å². The van der Waals surface area contributed by atoms with Crippen molar-refractivity contribution in [2.45, 2.75) is 6.42 Å². The van der Waals surface area contributed by atoms with Gasteiger partial charge >= 0.3 is 0 Å². The average Bonchev–Trinajstić information content (AvgIpc) is 2.63. The van der Waals surface area contributed by atoms with E-state index in [0.717, 1.165) is 5.56 Å². The van der Waals surface area contributed by atoms with Gasteiger partial charge in [0.05, 0.1) is 24.9 Å². The molecule has 0 aliphatic rings. The van der Waals surface area contributed by atoms with Crippen molar-refractivity contribution in [2.24, 2.45) is 0 Å². The Balaban J connectivity index is 1.77. The number of carbonyl (C=O) groups excluding carboxylic acids is 1. The van der Waals surface area contributed by atoms with E-state index in [1.165, 1.54) is 24.3 Å². The zero-order valence-corrected chi connectivity index (χ0v) is 13.1. The van der Waals surface area contributed by atoms with Crippen molar-refractivity contribution in [3.05, 3.63) is 77.7 Å². The standard InChI is InChI=1S/C19H15FN2O2/c1-24-19-5-3-2-4-16(19)17-11-10-15(21-22-17)12-18(23)13-6-8-14(20)9-7-13/h2-11H,12H2,1H3. The number of Topliss-reactive ketones (excluding diaryl/α,β-unsaturated/α-hetero) is 1. The monoisotopic (exact) mass is 322 g/mol. The molecule has 2 aromatic carbocycles. The molecule has 0 atom stereocenters. The summed E-state index contributed by atoms with van der Waals surface area (Å²) in [6, 6.07) is 16.6. The number of carbonyl (C=O) groups is 1. The predicted octanol–water partition coefficient (Wildman–Crippen LogP) is 3.72. The van der Waals surface area contributed by atoms with Crippen molar-refractivity contribution in [1.29, 1.82) is 0 Å². The maximum Gasteiger partial charge on any atom is 0.168 e. The fraction of sp³-hybridized carbons (Fsp3) is 0.105. The number of aromatic nitrogens is 2. The van der Waals surface area contributed by atoms with Crippen LogP contribution < -0.4 is 4.74 Å². The summed E-state index contributed by atoms with van der Waals surface area (Å²) >= 11 is 0. The molecule has 1 aromatic heterocycles. The quantitative estimate of drug-likeness (QED) is 0.672. The van der Waals surface area contributed by atoms with Gasteiger partial charge in [-0.05, 0) is 48.5 Å². The normalized spacial score (nSPS) is 10.4. The van der Waals surface area contributed by atoms with E-state index in [0.29, 0.717) is 22.7 Å². The number of benzene rings is 2. The van der Waals surface area contributed by atoms with Crippen molar-refractivity contribution < 1.29 is 13.9 Å². The summed E-state index contributed by atoms with van der Waals surface area (Å²) in [6.45, 7) is 0. The van der Waals surface area contributed by atoms with E-state index >= 15 is 0 Å². The van der Waals surface area contributed by atoms with Crippen molar-refractivity contribution in [3.63, 3.8) is 0 Å². The highest BCUT2D eigenvalue weighted by Gasteiger charge is 2.11. The number of hydrogen-bond acceptors (Lipinski definition) is 4. The van der Waals surface area contributed by atoms with Crippen LogP contribution in [0.2, 0.25) is 0 Å². The lowest BCUT2D eigenvalue weighted by molar-refractivity contribution is 0.0991. The molecule has 4 nitrogen and oxygen atoms in total. The van der Waals surface area contributed by atoms with Crippen molar-refractivity contribution in [1.82, 2.24) is 10.2 Å². The highest BCUT2D eigenvalue weighted by molar-refractivity contribution is 5.97. The minimum atomic E-state index is -0.368. The van der Waals surface area contributed by atoms with Crippen LogP contribution in [0.3, 0.4) is 0 Å². The minimum absolute atomic E-state index is 0.116. The summed E-state index contributed by atoms with van der Waals surface area (Å²) in [4.78, 5) is 12.2. The molecule has 0 N–H and O–H groups in total. The molecule has 0 aliphatic heterocycles. The van der Waals surface area contributed by atoms with Gasteiger partial charge in [0.25, 0.3) is 0 Å². The van der Waals surface area contributed by atoms with Crippen molar-refractivity contribution >= 4 is 5.78 Å². The van der Waals surface area contributed by atoms with Crippen molar-refractivity contribution in [2.75, 3.05) is 7.11 Å². The molecule has 0 fully saturated rings. The third-order valence-electron chi connectivity index (χ3n) is 3.61. The molecule has 0 saturated carbocycles. The molecular weight excluding hydrogens is 307 g/mol. The number of halogens is 1. The molecule has 0 unspecified atom stereocenters. The molecule has 0 aliphatic carbocycles. The molecule has 24 heavy (non-hydrogen) atoms. The third-order valence-corrected chi connectivity index (χ3v) is 3.61. The minimum Gasteiger partial charge on any atom is -0.496 e. The average molecular weight is 322 g/mol. The molecular formula is C19H15FN2O2. The molecule has 3 aromatic rings. The van der Waals surface area contributed by atoms with Gasteiger partial charge in [-0.25, -0.2) is 4.39 Å². The summed E-state index contributed by atoms with van der Waals surface area (Å²) in [7, 11) is 1.60. The third kappa shape index (κ3) is 3.46. The number of hydrogen-bond donors (Lipinski definition) is 0. The zero-order valence-electron chi connectivity index (χ0n) is 13.1. The lowest BCUT2D eigenvalue weighted by Gasteiger charge is -2.07. The van der Waals surface area contributed by atoms with E-state index in [1.807, 2.05) is 24.3 Å².